The van der Waals surface area contributed by atoms with Crippen molar-refractivity contribution in [2.75, 3.05) is 17.3 Å². The molecule has 3 heteroatoms. The van der Waals surface area contributed by atoms with Crippen LogP contribution in [0.15, 0.2) is 0 Å². The fourth-order valence-corrected chi connectivity index (χ4v) is 3.97. The van der Waals surface area contributed by atoms with Gasteiger partial charge in [-0.2, -0.15) is 0 Å². The Labute approximate surface area is 61.0 Å². The van der Waals surface area contributed by atoms with Crippen molar-refractivity contribution in [3.63, 3.8) is 0 Å². The van der Waals surface area contributed by atoms with Crippen molar-refractivity contribution in [2.45, 2.75) is 4.15 Å². The van der Waals surface area contributed by atoms with Gasteiger partial charge in [-0.3, -0.25) is 0 Å². The second kappa shape index (κ2) is 3.29. The number of thioether (sulfide) groups is 2. The summed E-state index contributed by atoms with van der Waals surface area (Å²) >= 11 is 6.85. The molecule has 0 spiro atoms. The van der Waals surface area contributed by atoms with Crippen LogP contribution in [0.4, 0.5) is 0 Å². The molecule has 0 aromatic heterocycles. The van der Waals surface area contributed by atoms with E-state index in [1.165, 1.54) is 17.3 Å². The van der Waals surface area contributed by atoms with Crippen LogP contribution in [0.25, 0.3) is 0 Å². The van der Waals surface area contributed by atoms with Crippen molar-refractivity contribution in [3.05, 3.63) is 0 Å². The van der Waals surface area contributed by atoms with E-state index in [1.54, 1.807) is 0 Å². The van der Waals surface area contributed by atoms with E-state index in [2.05, 4.69) is 39.5 Å². The SMILES string of the molecule is [SeH]C1CSCCS1. The molecule has 0 saturated carbocycles. The molecular weight excluding hydrogens is 191 g/mol. The molecule has 0 radical (unpaired) electrons. The molecule has 1 atom stereocenters. The van der Waals surface area contributed by atoms with Crippen LogP contribution in [0.5, 0.6) is 0 Å². The Balaban J connectivity index is 2.12. The van der Waals surface area contributed by atoms with E-state index >= 15 is 0 Å². The molecule has 1 aliphatic rings. The van der Waals surface area contributed by atoms with Crippen LogP contribution >= 0.6 is 23.5 Å². The van der Waals surface area contributed by atoms with Crippen molar-refractivity contribution >= 4 is 39.5 Å². The predicted octanol–water partition coefficient (Wildman–Crippen LogP) is 0.693. The molecule has 1 rings (SSSR count). The van der Waals surface area contributed by atoms with Gasteiger partial charge in [0.2, 0.25) is 0 Å². The van der Waals surface area contributed by atoms with Crippen LogP contribution in [0.1, 0.15) is 0 Å². The Morgan fingerprint density at radius 3 is 2.57 bits per heavy atom. The van der Waals surface area contributed by atoms with Gasteiger partial charge >= 0.3 is 60.9 Å². The van der Waals surface area contributed by atoms with E-state index in [0.717, 1.165) is 4.15 Å². The van der Waals surface area contributed by atoms with Crippen molar-refractivity contribution in [2.24, 2.45) is 0 Å². The van der Waals surface area contributed by atoms with Crippen LogP contribution in [0, 0.1) is 0 Å². The minimum absolute atomic E-state index is 0.853. The Morgan fingerprint density at radius 2 is 2.29 bits per heavy atom. The monoisotopic (exact) mass is 200 g/mol. The summed E-state index contributed by atoms with van der Waals surface area (Å²) in [6, 6.07) is 0. The topological polar surface area (TPSA) is 0 Å². The molecule has 0 amide bonds. The normalized spacial score (nSPS) is 33.0. The fraction of sp³-hybridized carbons (Fsp3) is 1.00. The van der Waals surface area contributed by atoms with E-state index in [4.69, 9.17) is 0 Å². The zero-order valence-electron chi connectivity index (χ0n) is 3.96. The van der Waals surface area contributed by atoms with Crippen LogP contribution < -0.4 is 0 Å². The molecule has 1 fully saturated rings. The minimum atomic E-state index is 0.853. The second-order valence-corrected chi connectivity index (χ2v) is 5.93. The van der Waals surface area contributed by atoms with Crippen molar-refractivity contribution in [1.29, 1.82) is 0 Å². The number of hydrogen-bond donors (Lipinski definition) is 0. The first-order valence-electron chi connectivity index (χ1n) is 2.27. The molecule has 0 aliphatic carbocycles. The maximum atomic E-state index is 2.71. The van der Waals surface area contributed by atoms with Crippen molar-refractivity contribution < 1.29 is 0 Å². The van der Waals surface area contributed by atoms with Gasteiger partial charge in [-0.15, -0.1) is 0 Å². The van der Waals surface area contributed by atoms with Crippen LogP contribution in [-0.4, -0.2) is 37.4 Å². The summed E-state index contributed by atoms with van der Waals surface area (Å²) in [6.45, 7) is 0. The summed E-state index contributed by atoms with van der Waals surface area (Å²) in [4.78, 5) is 0. The van der Waals surface area contributed by atoms with Crippen molar-refractivity contribution in [1.82, 2.24) is 0 Å². The second-order valence-electron chi connectivity index (χ2n) is 1.40. The molecule has 1 aliphatic heterocycles. The fourth-order valence-electron chi connectivity index (χ4n) is 0.475. The summed E-state index contributed by atoms with van der Waals surface area (Å²) in [6.07, 6.45) is 0. The molecular formula is C4H8S2Se. The average Bonchev–Trinajstić information content (AvgIpc) is 1.69. The third-order valence-electron chi connectivity index (χ3n) is 0.798. The van der Waals surface area contributed by atoms with Gasteiger partial charge in [0.05, 0.1) is 0 Å². The van der Waals surface area contributed by atoms with Gasteiger partial charge in [-0.05, 0) is 0 Å². The number of rotatable bonds is 0. The molecule has 42 valence electrons. The summed E-state index contributed by atoms with van der Waals surface area (Å²) in [5.41, 5.74) is 0. The van der Waals surface area contributed by atoms with E-state index in [-0.39, 0.29) is 0 Å². The standard InChI is InChI=1S/C4H8S2Se/c7-4-3-5-1-2-6-4/h4,7H,1-3H2. The zero-order chi connectivity index (χ0) is 5.11. The van der Waals surface area contributed by atoms with Crippen molar-refractivity contribution in [3.8, 4) is 0 Å². The first-order valence-corrected chi connectivity index (χ1v) is 5.56. The first-order chi connectivity index (χ1) is 3.39. The molecule has 0 bridgehead atoms. The van der Waals surface area contributed by atoms with Crippen LogP contribution in [-0.2, 0) is 0 Å². The summed E-state index contributed by atoms with van der Waals surface area (Å²) in [7, 11) is 0. The van der Waals surface area contributed by atoms with Gasteiger partial charge in [0.25, 0.3) is 0 Å². The van der Waals surface area contributed by atoms with Gasteiger partial charge in [0.15, 0.2) is 0 Å². The zero-order valence-corrected chi connectivity index (χ0v) is 7.47. The molecule has 0 N–H and O–H groups in total. The van der Waals surface area contributed by atoms with E-state index in [0.29, 0.717) is 0 Å². The first kappa shape index (κ1) is 6.34. The van der Waals surface area contributed by atoms with E-state index < -0.39 is 0 Å². The Hall–Kier alpha value is 1.22. The average molecular weight is 199 g/mol. The maximum absolute atomic E-state index is 2.71. The third-order valence-corrected chi connectivity index (χ3v) is 5.18. The Kier molecular flexibility index (Phi) is 2.98. The summed E-state index contributed by atoms with van der Waals surface area (Å²) in [5, 5.41) is 0. The molecule has 1 unspecified atom stereocenters. The van der Waals surface area contributed by atoms with E-state index in [9.17, 15) is 0 Å². The van der Waals surface area contributed by atoms with Gasteiger partial charge < -0.3 is 0 Å². The Bertz CT molecular complexity index is 51.7. The molecule has 7 heavy (non-hydrogen) atoms. The molecule has 0 nitrogen and oxygen atoms in total. The van der Waals surface area contributed by atoms with Crippen LogP contribution in [0.2, 0.25) is 0 Å². The number of hydrogen-bond acceptors (Lipinski definition) is 2. The predicted molar refractivity (Wildman–Crippen MR) is 40.7 cm³/mol. The van der Waals surface area contributed by atoms with Gasteiger partial charge in [0.1, 0.15) is 0 Å². The van der Waals surface area contributed by atoms with Gasteiger partial charge in [0, 0.05) is 0 Å². The van der Waals surface area contributed by atoms with Crippen LogP contribution in [0.3, 0.4) is 0 Å². The summed E-state index contributed by atoms with van der Waals surface area (Å²) in [5.74, 6) is 4.05. The van der Waals surface area contributed by atoms with Gasteiger partial charge in [-0.25, -0.2) is 0 Å². The molecule has 1 saturated heterocycles. The Morgan fingerprint density at radius 1 is 1.43 bits per heavy atom. The van der Waals surface area contributed by atoms with Gasteiger partial charge in [-0.1, -0.05) is 0 Å². The molecule has 0 aromatic carbocycles. The molecule has 1 heterocycles. The van der Waals surface area contributed by atoms with E-state index in [1.807, 2.05) is 0 Å². The summed E-state index contributed by atoms with van der Waals surface area (Å²) < 4.78 is 0.853. The third kappa shape index (κ3) is 2.31. The molecule has 0 aromatic rings. The quantitative estimate of drug-likeness (QED) is 0.526.